The van der Waals surface area contributed by atoms with Gasteiger partial charge in [-0.05, 0) is 60.1 Å². The monoisotopic (exact) mass is 531 g/mol. The van der Waals surface area contributed by atoms with E-state index in [9.17, 15) is 4.79 Å². The van der Waals surface area contributed by atoms with Crippen LogP contribution in [-0.4, -0.2) is 42.9 Å². The molecule has 0 unspecified atom stereocenters. The molecule has 0 radical (unpaired) electrons. The van der Waals surface area contributed by atoms with Crippen molar-refractivity contribution in [2.45, 2.75) is 64.4 Å². The Morgan fingerprint density at radius 1 is 1.18 bits per heavy atom. The summed E-state index contributed by atoms with van der Waals surface area (Å²) in [6, 6.07) is 12.0. The summed E-state index contributed by atoms with van der Waals surface area (Å²) in [6.45, 7) is 13.6. The van der Waals surface area contributed by atoms with Crippen LogP contribution in [0.3, 0.4) is 0 Å². The fraction of sp³-hybridized carbons (Fsp3) is 0.440. The molecule has 3 rings (SSSR count). The first-order valence-corrected chi connectivity index (χ1v) is 15.0. The minimum atomic E-state index is -2.00. The average Bonchev–Trinajstić information content (AvgIpc) is 3.27. The molecular formula is C25H34BrN3O3Si. The van der Waals surface area contributed by atoms with E-state index in [4.69, 9.17) is 9.16 Å². The maximum atomic E-state index is 12.7. The fourth-order valence-electron chi connectivity index (χ4n) is 3.36. The van der Waals surface area contributed by atoms with Gasteiger partial charge in [-0.3, -0.25) is 4.79 Å². The number of nitrogens with one attached hydrogen (secondary N) is 2. The molecule has 0 saturated carbocycles. The summed E-state index contributed by atoms with van der Waals surface area (Å²) in [4.78, 5) is 19.6. The number of hydrogen-bond donors (Lipinski definition) is 2. The standard InChI is InChI=1S/C25H34BrN3O3Si/c1-17(32-33(5,6)25(2,3)4)22(29-24(30)23-15-27-16-28-23)11-12-31-21-10-8-18-13-20(26)9-7-19(18)14-21/h7-10,13-17,22H,11-12H2,1-6H3,(H,27,28)(H,29,30)/t17-,22+/m0/s1. The van der Waals surface area contributed by atoms with Crippen molar-refractivity contribution in [2.75, 3.05) is 6.61 Å². The van der Waals surface area contributed by atoms with Gasteiger partial charge in [-0.1, -0.05) is 48.8 Å². The van der Waals surface area contributed by atoms with E-state index in [0.717, 1.165) is 21.0 Å². The average molecular weight is 533 g/mol. The highest BCUT2D eigenvalue weighted by molar-refractivity contribution is 9.10. The number of fused-ring (bicyclic) bond motifs is 1. The van der Waals surface area contributed by atoms with Crippen LogP contribution in [0.4, 0.5) is 0 Å². The summed E-state index contributed by atoms with van der Waals surface area (Å²) in [5.41, 5.74) is 0.362. The van der Waals surface area contributed by atoms with Crippen LogP contribution in [0.2, 0.25) is 18.1 Å². The van der Waals surface area contributed by atoms with Crippen molar-refractivity contribution in [1.29, 1.82) is 0 Å². The van der Waals surface area contributed by atoms with Gasteiger partial charge in [0.1, 0.15) is 11.4 Å². The molecular weight excluding hydrogens is 498 g/mol. The molecule has 33 heavy (non-hydrogen) atoms. The number of carbonyl (C=O) groups is 1. The van der Waals surface area contributed by atoms with E-state index in [2.05, 4.69) is 83.3 Å². The molecule has 0 fully saturated rings. The van der Waals surface area contributed by atoms with Crippen LogP contribution in [0, 0.1) is 0 Å². The van der Waals surface area contributed by atoms with Gasteiger partial charge in [0.2, 0.25) is 0 Å². The lowest BCUT2D eigenvalue weighted by molar-refractivity contribution is 0.0842. The molecule has 0 bridgehead atoms. The van der Waals surface area contributed by atoms with E-state index in [1.54, 1.807) is 6.20 Å². The zero-order valence-corrected chi connectivity index (χ0v) is 22.8. The second-order valence-corrected chi connectivity index (χ2v) is 15.6. The Balaban J connectivity index is 1.69. The van der Waals surface area contributed by atoms with Crippen molar-refractivity contribution in [3.05, 3.63) is 59.1 Å². The maximum absolute atomic E-state index is 12.7. The minimum absolute atomic E-state index is 0.0780. The molecule has 3 aromatic rings. The second-order valence-electron chi connectivity index (χ2n) is 9.91. The number of imidazole rings is 1. The van der Waals surface area contributed by atoms with Gasteiger partial charge in [0.15, 0.2) is 8.32 Å². The fourth-order valence-corrected chi connectivity index (χ4v) is 5.19. The lowest BCUT2D eigenvalue weighted by Gasteiger charge is -2.40. The quantitative estimate of drug-likeness (QED) is 0.317. The number of aromatic amines is 1. The first-order chi connectivity index (χ1) is 15.5. The lowest BCUT2D eigenvalue weighted by Crippen LogP contribution is -2.51. The van der Waals surface area contributed by atoms with Gasteiger partial charge in [0.05, 0.1) is 25.1 Å². The molecule has 0 aliphatic heterocycles. The Labute approximate surface area is 205 Å². The maximum Gasteiger partial charge on any atom is 0.271 e. The Kier molecular flexibility index (Phi) is 8.03. The first kappa shape index (κ1) is 25.5. The van der Waals surface area contributed by atoms with Crippen LogP contribution in [0.25, 0.3) is 10.8 Å². The molecule has 2 N–H and O–H groups in total. The van der Waals surface area contributed by atoms with Crippen molar-refractivity contribution >= 4 is 40.9 Å². The smallest absolute Gasteiger partial charge is 0.271 e. The van der Waals surface area contributed by atoms with Crippen LogP contribution in [-0.2, 0) is 4.43 Å². The molecule has 0 saturated heterocycles. The van der Waals surface area contributed by atoms with Gasteiger partial charge in [-0.15, -0.1) is 0 Å². The number of benzene rings is 2. The van der Waals surface area contributed by atoms with E-state index in [0.29, 0.717) is 18.7 Å². The van der Waals surface area contributed by atoms with Crippen molar-refractivity contribution in [1.82, 2.24) is 15.3 Å². The van der Waals surface area contributed by atoms with Crippen molar-refractivity contribution in [2.24, 2.45) is 0 Å². The predicted molar refractivity (Wildman–Crippen MR) is 139 cm³/mol. The van der Waals surface area contributed by atoms with Crippen LogP contribution in [0.1, 0.15) is 44.6 Å². The van der Waals surface area contributed by atoms with Crippen LogP contribution >= 0.6 is 15.9 Å². The van der Waals surface area contributed by atoms with Gasteiger partial charge < -0.3 is 19.5 Å². The Morgan fingerprint density at radius 2 is 1.88 bits per heavy atom. The number of hydrogen-bond acceptors (Lipinski definition) is 4. The van der Waals surface area contributed by atoms with E-state index < -0.39 is 8.32 Å². The number of amides is 1. The lowest BCUT2D eigenvalue weighted by atomic mass is 10.1. The highest BCUT2D eigenvalue weighted by Gasteiger charge is 2.40. The molecule has 6 nitrogen and oxygen atoms in total. The van der Waals surface area contributed by atoms with Crippen molar-refractivity contribution in [3.8, 4) is 5.75 Å². The molecule has 0 aliphatic rings. The van der Waals surface area contributed by atoms with Gasteiger partial charge in [0, 0.05) is 17.1 Å². The predicted octanol–water partition coefficient (Wildman–Crippen LogP) is 6.30. The molecule has 0 spiro atoms. The summed E-state index contributed by atoms with van der Waals surface area (Å²) >= 11 is 3.51. The normalized spacial score (nSPS) is 14.2. The Morgan fingerprint density at radius 3 is 2.55 bits per heavy atom. The SMILES string of the molecule is C[C@H](O[Si](C)(C)C(C)(C)C)[C@@H](CCOc1ccc2cc(Br)ccc2c1)NC(=O)c1c[nH]cn1. The third-order valence-electron chi connectivity index (χ3n) is 6.37. The number of aromatic nitrogens is 2. The number of ether oxygens (including phenoxy) is 1. The van der Waals surface area contributed by atoms with Crippen LogP contribution < -0.4 is 10.1 Å². The zero-order valence-electron chi connectivity index (χ0n) is 20.2. The third-order valence-corrected chi connectivity index (χ3v) is 11.4. The summed E-state index contributed by atoms with van der Waals surface area (Å²) in [5.74, 6) is 0.586. The van der Waals surface area contributed by atoms with Gasteiger partial charge in [0.25, 0.3) is 5.91 Å². The number of carbonyl (C=O) groups excluding carboxylic acids is 1. The molecule has 1 amide bonds. The van der Waals surface area contributed by atoms with E-state index in [-0.39, 0.29) is 23.1 Å². The molecule has 178 valence electrons. The summed E-state index contributed by atoms with van der Waals surface area (Å²) in [5, 5.41) is 5.45. The second kappa shape index (κ2) is 10.4. The summed E-state index contributed by atoms with van der Waals surface area (Å²) in [6.07, 6.45) is 3.55. The topological polar surface area (TPSA) is 76.2 Å². The van der Waals surface area contributed by atoms with Crippen LogP contribution in [0.5, 0.6) is 5.75 Å². The van der Waals surface area contributed by atoms with Gasteiger partial charge >= 0.3 is 0 Å². The number of rotatable bonds is 9. The Hall–Kier alpha value is -2.16. The van der Waals surface area contributed by atoms with Crippen molar-refractivity contribution in [3.63, 3.8) is 0 Å². The van der Waals surface area contributed by atoms with Crippen LogP contribution in [0.15, 0.2) is 53.4 Å². The first-order valence-electron chi connectivity index (χ1n) is 11.3. The minimum Gasteiger partial charge on any atom is -0.493 e. The number of nitrogens with zero attached hydrogens (tertiary/aromatic N) is 1. The number of halogens is 1. The Bertz CT molecular complexity index is 1080. The molecule has 1 aromatic heterocycles. The summed E-state index contributed by atoms with van der Waals surface area (Å²) < 4.78 is 13.7. The molecule has 2 atom stereocenters. The zero-order chi connectivity index (χ0) is 24.2. The summed E-state index contributed by atoms with van der Waals surface area (Å²) in [7, 11) is -2.00. The molecule has 2 aromatic carbocycles. The molecule has 1 heterocycles. The van der Waals surface area contributed by atoms with E-state index in [1.165, 1.54) is 6.33 Å². The van der Waals surface area contributed by atoms with Gasteiger partial charge in [-0.2, -0.15) is 0 Å². The highest BCUT2D eigenvalue weighted by atomic mass is 79.9. The largest absolute Gasteiger partial charge is 0.493 e. The molecule has 8 heteroatoms. The van der Waals surface area contributed by atoms with Gasteiger partial charge in [-0.25, -0.2) is 4.98 Å². The highest BCUT2D eigenvalue weighted by Crippen LogP contribution is 2.37. The molecule has 0 aliphatic carbocycles. The van der Waals surface area contributed by atoms with E-state index in [1.807, 2.05) is 25.1 Å². The van der Waals surface area contributed by atoms with Crippen molar-refractivity contribution < 1.29 is 14.0 Å². The van der Waals surface area contributed by atoms with E-state index >= 15 is 0 Å². The number of H-pyrrole nitrogens is 1. The third kappa shape index (κ3) is 6.68.